The minimum atomic E-state index is -6.00. The molecule has 0 saturated heterocycles. The van der Waals surface area contributed by atoms with Crippen molar-refractivity contribution >= 4 is 13.0 Å². The zero-order valence-corrected chi connectivity index (χ0v) is 7.99. The normalized spacial score (nSPS) is 9.69. The molecule has 0 heterocycles. The molecule has 0 saturated carbocycles. The van der Waals surface area contributed by atoms with Crippen molar-refractivity contribution in [2.75, 3.05) is 6.54 Å². The Morgan fingerprint density at radius 3 is 2.00 bits per heavy atom. The van der Waals surface area contributed by atoms with Gasteiger partial charge in [0.15, 0.2) is 0 Å². The predicted molar refractivity (Wildman–Crippen MR) is 50.9 cm³/mol. The van der Waals surface area contributed by atoms with Gasteiger partial charge in [0, 0.05) is 5.56 Å². The first-order chi connectivity index (χ1) is 7.34. The SMILES string of the molecule is F[B-](F)(F)F.N#[N+]CC(=O)c1ccccc1. The molecule has 0 aliphatic carbocycles. The van der Waals surface area contributed by atoms with Crippen molar-refractivity contribution in [2.24, 2.45) is 0 Å². The molecular weight excluding hydrogens is 227 g/mol. The van der Waals surface area contributed by atoms with Gasteiger partial charge in [0.05, 0.1) is 0 Å². The summed E-state index contributed by atoms with van der Waals surface area (Å²) in [6.07, 6.45) is 0. The van der Waals surface area contributed by atoms with E-state index < -0.39 is 7.25 Å². The number of hydrogen-bond donors (Lipinski definition) is 0. The number of benzene rings is 1. The lowest BCUT2D eigenvalue weighted by Gasteiger charge is -1.94. The smallest absolute Gasteiger partial charge is 0.418 e. The fraction of sp³-hybridized carbons (Fsp3) is 0.125. The Labute approximate surface area is 88.8 Å². The molecule has 1 aromatic carbocycles. The molecule has 0 aliphatic rings. The maximum absolute atomic E-state index is 11.0. The first-order valence-corrected chi connectivity index (χ1v) is 4.11. The van der Waals surface area contributed by atoms with Gasteiger partial charge in [-0.3, -0.25) is 4.79 Å². The summed E-state index contributed by atoms with van der Waals surface area (Å²) in [5, 5.41) is 8.10. The first-order valence-electron chi connectivity index (χ1n) is 4.11. The summed E-state index contributed by atoms with van der Waals surface area (Å²) in [6.45, 7) is -0.163. The monoisotopic (exact) mass is 234 g/mol. The largest absolute Gasteiger partial charge is 0.673 e. The van der Waals surface area contributed by atoms with Gasteiger partial charge in [-0.1, -0.05) is 30.3 Å². The average Bonchev–Trinajstić information content (AvgIpc) is 2.17. The highest BCUT2D eigenvalue weighted by molar-refractivity contribution is 6.50. The number of ketones is 1. The molecule has 3 nitrogen and oxygen atoms in total. The molecule has 0 aliphatic heterocycles. The van der Waals surface area contributed by atoms with E-state index >= 15 is 0 Å². The number of nitrogens with zero attached hydrogens (tertiary/aromatic N) is 2. The summed E-state index contributed by atoms with van der Waals surface area (Å²) in [5.41, 5.74) is 0.574. The van der Waals surface area contributed by atoms with Gasteiger partial charge in [-0.25, -0.2) is 0 Å². The van der Waals surface area contributed by atoms with Gasteiger partial charge in [0.2, 0.25) is 11.2 Å². The Morgan fingerprint density at radius 2 is 1.62 bits per heavy atom. The Kier molecular flexibility index (Phi) is 5.77. The Hall–Kier alpha value is -1.91. The number of carbonyl (C=O) groups excluding carboxylic acids is 1. The Morgan fingerprint density at radius 1 is 1.19 bits per heavy atom. The highest BCUT2D eigenvalue weighted by Gasteiger charge is 2.20. The maximum atomic E-state index is 11.0. The number of halogens is 4. The summed E-state index contributed by atoms with van der Waals surface area (Å²) in [7, 11) is -6.00. The van der Waals surface area contributed by atoms with Gasteiger partial charge < -0.3 is 17.3 Å². The van der Waals surface area contributed by atoms with Crippen molar-refractivity contribution in [3.05, 3.63) is 40.9 Å². The molecule has 8 heteroatoms. The molecule has 0 unspecified atom stereocenters. The second-order valence-corrected chi connectivity index (χ2v) is 2.58. The van der Waals surface area contributed by atoms with Gasteiger partial charge in [0.25, 0.3) is 0 Å². The molecule has 0 amide bonds. The topological polar surface area (TPSA) is 45.2 Å². The molecule has 0 fully saturated rings. The molecule has 0 aromatic heterocycles. The summed E-state index contributed by atoms with van der Waals surface area (Å²) < 4.78 is 39.0. The lowest BCUT2D eigenvalue weighted by Crippen LogP contribution is -2.02. The van der Waals surface area contributed by atoms with Crippen LogP contribution < -0.4 is 0 Å². The molecule has 1 aromatic rings. The third-order valence-electron chi connectivity index (χ3n) is 1.31. The third kappa shape index (κ3) is 8.68. The van der Waals surface area contributed by atoms with E-state index in [4.69, 9.17) is 5.39 Å². The Balaban J connectivity index is 0.000000385. The zero-order chi connectivity index (χ0) is 12.6. The van der Waals surface area contributed by atoms with Crippen LogP contribution in [0.25, 0.3) is 4.98 Å². The minimum absolute atomic E-state index is 0.163. The van der Waals surface area contributed by atoms with Crippen LogP contribution in [0.3, 0.4) is 0 Å². The summed E-state index contributed by atoms with van der Waals surface area (Å²) >= 11 is 0. The lowest BCUT2D eigenvalue weighted by molar-refractivity contribution is 0.101. The van der Waals surface area contributed by atoms with Crippen molar-refractivity contribution in [3.8, 4) is 0 Å². The molecule has 1 rings (SSSR count). The van der Waals surface area contributed by atoms with Crippen LogP contribution in [0.2, 0.25) is 0 Å². The van der Waals surface area contributed by atoms with Crippen molar-refractivity contribution in [1.82, 2.24) is 0 Å². The lowest BCUT2D eigenvalue weighted by atomic mass is 10.1. The molecule has 86 valence electrons. The number of Topliss-reactive ketones (excluding diaryl/α,β-unsaturated/α-hetero) is 1. The van der Waals surface area contributed by atoms with E-state index in [1.807, 2.05) is 6.07 Å². The van der Waals surface area contributed by atoms with Gasteiger partial charge in [-0.15, -0.1) is 0 Å². The highest BCUT2D eigenvalue weighted by atomic mass is 19.5. The van der Waals surface area contributed by atoms with Gasteiger partial charge in [-0.2, -0.15) is 0 Å². The van der Waals surface area contributed by atoms with Crippen LogP contribution in [0, 0.1) is 5.39 Å². The number of rotatable bonds is 2. The molecule has 0 N–H and O–H groups in total. The van der Waals surface area contributed by atoms with Crippen LogP contribution in [-0.4, -0.2) is 19.6 Å². The van der Waals surface area contributed by atoms with Crippen molar-refractivity contribution in [2.45, 2.75) is 0 Å². The quantitative estimate of drug-likeness (QED) is 0.341. The van der Waals surface area contributed by atoms with E-state index in [0.29, 0.717) is 5.56 Å². The van der Waals surface area contributed by atoms with Crippen LogP contribution in [0.1, 0.15) is 10.4 Å². The fourth-order valence-electron chi connectivity index (χ4n) is 0.780. The van der Waals surface area contributed by atoms with E-state index in [1.54, 1.807) is 24.3 Å². The highest BCUT2D eigenvalue weighted by Crippen LogP contribution is 2.06. The second kappa shape index (κ2) is 6.56. The molecule has 0 spiro atoms. The van der Waals surface area contributed by atoms with Crippen molar-refractivity contribution < 1.29 is 22.1 Å². The van der Waals surface area contributed by atoms with Crippen LogP contribution in [0.5, 0.6) is 0 Å². The van der Waals surface area contributed by atoms with E-state index in [-0.39, 0.29) is 12.3 Å². The average molecular weight is 234 g/mol. The van der Waals surface area contributed by atoms with Gasteiger partial charge >= 0.3 is 13.8 Å². The summed E-state index contributed by atoms with van der Waals surface area (Å²) in [6, 6.07) is 8.74. The first kappa shape index (κ1) is 14.1. The standard InChI is InChI=1S/C8H7N2O.BF4/c9-10-6-8(11)7-4-2-1-3-5-7;2-1(3,4)5/h1-5H,6H2;/q+1;-1. The van der Waals surface area contributed by atoms with E-state index in [0.717, 1.165) is 0 Å². The zero-order valence-electron chi connectivity index (χ0n) is 7.99. The van der Waals surface area contributed by atoms with Crippen LogP contribution in [-0.2, 0) is 0 Å². The summed E-state index contributed by atoms with van der Waals surface area (Å²) in [4.78, 5) is 13.8. The van der Waals surface area contributed by atoms with Crippen LogP contribution in [0.4, 0.5) is 17.3 Å². The van der Waals surface area contributed by atoms with Crippen LogP contribution in [0.15, 0.2) is 30.3 Å². The predicted octanol–water partition coefficient (Wildman–Crippen LogP) is 3.02. The fourth-order valence-corrected chi connectivity index (χ4v) is 0.780. The molecule has 16 heavy (non-hydrogen) atoms. The molecule has 0 atom stereocenters. The van der Waals surface area contributed by atoms with Crippen LogP contribution >= 0.6 is 0 Å². The second-order valence-electron chi connectivity index (χ2n) is 2.58. The van der Waals surface area contributed by atoms with E-state index in [1.165, 1.54) is 0 Å². The molecule has 0 bridgehead atoms. The van der Waals surface area contributed by atoms with Crippen molar-refractivity contribution in [3.63, 3.8) is 0 Å². The maximum Gasteiger partial charge on any atom is 0.673 e. The van der Waals surface area contributed by atoms with E-state index in [9.17, 15) is 22.1 Å². The molecular formula is C8H7BF4N2O. The minimum Gasteiger partial charge on any atom is -0.418 e. The summed E-state index contributed by atoms with van der Waals surface area (Å²) in [5.74, 6) is -0.173. The number of hydrogen-bond acceptors (Lipinski definition) is 2. The number of carbonyl (C=O) groups is 1. The van der Waals surface area contributed by atoms with E-state index in [2.05, 4.69) is 4.98 Å². The van der Waals surface area contributed by atoms with Crippen molar-refractivity contribution in [1.29, 1.82) is 5.39 Å². The third-order valence-corrected chi connectivity index (χ3v) is 1.31. The van der Waals surface area contributed by atoms with Gasteiger partial charge in [0.1, 0.15) is 4.98 Å². The Bertz CT molecular complexity index is 368. The van der Waals surface area contributed by atoms with Gasteiger partial charge in [-0.05, 0) is 0 Å². The molecule has 0 radical (unpaired) electrons. The number of diazo groups is 1.